The van der Waals surface area contributed by atoms with E-state index < -0.39 is 5.91 Å². The lowest BCUT2D eigenvalue weighted by Gasteiger charge is -2.09. The maximum absolute atomic E-state index is 12.9. The summed E-state index contributed by atoms with van der Waals surface area (Å²) in [4.78, 5) is 21.5. The van der Waals surface area contributed by atoms with Gasteiger partial charge in [-0.15, -0.1) is 0 Å². The summed E-state index contributed by atoms with van der Waals surface area (Å²) in [6, 6.07) is 18.1. The van der Waals surface area contributed by atoms with E-state index in [2.05, 4.69) is 32.2 Å². The first kappa shape index (κ1) is 20.3. The highest BCUT2D eigenvalue weighted by molar-refractivity contribution is 6.34. The number of rotatable bonds is 3. The van der Waals surface area contributed by atoms with Crippen molar-refractivity contribution in [1.29, 1.82) is 0 Å². The van der Waals surface area contributed by atoms with Crippen LogP contribution in [-0.4, -0.2) is 25.7 Å². The van der Waals surface area contributed by atoms with Crippen LogP contribution in [0.25, 0.3) is 5.82 Å². The molecule has 0 saturated heterocycles. The number of pyridine rings is 2. The van der Waals surface area contributed by atoms with E-state index >= 15 is 0 Å². The first-order valence-corrected chi connectivity index (χ1v) is 9.92. The molecule has 1 aromatic carbocycles. The number of nitrogens with one attached hydrogen (secondary N) is 1. The first-order valence-electron chi connectivity index (χ1n) is 9.54. The normalized spacial score (nSPS) is 10.3. The van der Waals surface area contributed by atoms with Gasteiger partial charge in [-0.1, -0.05) is 29.7 Å². The van der Waals surface area contributed by atoms with Crippen LogP contribution in [0, 0.1) is 25.7 Å². The highest BCUT2D eigenvalue weighted by Gasteiger charge is 2.15. The summed E-state index contributed by atoms with van der Waals surface area (Å²) < 4.78 is 1.68. The lowest BCUT2D eigenvalue weighted by atomic mass is 10.2. The standard InChI is InChI=1S/C24H18ClN5O/c1-16-14-17(2)30(29-16)22-12-11-21(25)23(28-22)24(31)27-20-8-5-6-18(15-20)9-10-19-7-3-4-13-26-19/h3-8,11-15H,1-2H3,(H,27,31). The van der Waals surface area contributed by atoms with E-state index in [0.29, 0.717) is 17.2 Å². The third-order valence-electron chi connectivity index (χ3n) is 4.39. The predicted molar refractivity (Wildman–Crippen MR) is 120 cm³/mol. The Morgan fingerprint density at radius 2 is 1.90 bits per heavy atom. The average Bonchev–Trinajstić information content (AvgIpc) is 3.11. The third-order valence-corrected chi connectivity index (χ3v) is 4.70. The molecule has 6 nitrogen and oxygen atoms in total. The Morgan fingerprint density at radius 3 is 2.65 bits per heavy atom. The van der Waals surface area contributed by atoms with Gasteiger partial charge in [-0.25, -0.2) is 14.6 Å². The quantitative estimate of drug-likeness (QED) is 0.485. The zero-order valence-corrected chi connectivity index (χ0v) is 17.7. The van der Waals surface area contributed by atoms with Crippen molar-refractivity contribution in [2.45, 2.75) is 13.8 Å². The van der Waals surface area contributed by atoms with Gasteiger partial charge in [-0.05, 0) is 68.3 Å². The molecule has 0 unspecified atom stereocenters. The molecule has 0 radical (unpaired) electrons. The second-order valence-corrected chi connectivity index (χ2v) is 7.25. The molecule has 31 heavy (non-hydrogen) atoms. The number of aromatic nitrogens is 4. The SMILES string of the molecule is Cc1cc(C)n(-c2ccc(Cl)c(C(=O)Nc3cccc(C#Cc4ccccn4)c3)n2)n1. The molecule has 152 valence electrons. The molecule has 4 rings (SSSR count). The molecule has 3 aromatic heterocycles. The molecular weight excluding hydrogens is 410 g/mol. The van der Waals surface area contributed by atoms with Crippen molar-refractivity contribution in [3.63, 3.8) is 0 Å². The number of amides is 1. The Hall–Kier alpha value is -3.95. The van der Waals surface area contributed by atoms with Crippen LogP contribution in [0.5, 0.6) is 0 Å². The molecule has 1 amide bonds. The molecule has 0 fully saturated rings. The minimum absolute atomic E-state index is 0.122. The van der Waals surface area contributed by atoms with E-state index in [1.54, 1.807) is 35.1 Å². The fourth-order valence-electron chi connectivity index (χ4n) is 3.01. The molecule has 3 heterocycles. The van der Waals surface area contributed by atoms with Crippen LogP contribution in [0.2, 0.25) is 5.02 Å². The molecule has 0 saturated carbocycles. The summed E-state index contributed by atoms with van der Waals surface area (Å²) in [5.74, 6) is 6.16. The van der Waals surface area contributed by atoms with Crippen molar-refractivity contribution in [3.8, 4) is 17.7 Å². The molecule has 0 bridgehead atoms. The number of hydrogen-bond donors (Lipinski definition) is 1. The molecular formula is C24H18ClN5O. The van der Waals surface area contributed by atoms with Gasteiger partial charge in [0.15, 0.2) is 5.82 Å². The molecule has 0 aliphatic carbocycles. The van der Waals surface area contributed by atoms with Crippen LogP contribution < -0.4 is 5.32 Å². The summed E-state index contributed by atoms with van der Waals surface area (Å²) in [6.45, 7) is 3.82. The monoisotopic (exact) mass is 427 g/mol. The van der Waals surface area contributed by atoms with Gasteiger partial charge in [-0.3, -0.25) is 4.79 Å². The van der Waals surface area contributed by atoms with Crippen LogP contribution in [0.4, 0.5) is 5.69 Å². The number of anilines is 1. The lowest BCUT2D eigenvalue weighted by Crippen LogP contribution is -2.16. The minimum Gasteiger partial charge on any atom is -0.321 e. The Balaban J connectivity index is 1.57. The van der Waals surface area contributed by atoms with Gasteiger partial charge in [0.1, 0.15) is 11.4 Å². The number of aryl methyl sites for hydroxylation is 2. The van der Waals surface area contributed by atoms with E-state index in [0.717, 1.165) is 17.0 Å². The largest absolute Gasteiger partial charge is 0.321 e. The fraction of sp³-hybridized carbons (Fsp3) is 0.0833. The maximum Gasteiger partial charge on any atom is 0.275 e. The van der Waals surface area contributed by atoms with E-state index in [9.17, 15) is 4.79 Å². The second-order valence-electron chi connectivity index (χ2n) is 6.84. The molecule has 0 spiro atoms. The Morgan fingerprint density at radius 1 is 1.03 bits per heavy atom. The van der Waals surface area contributed by atoms with E-state index in [1.807, 2.05) is 50.2 Å². The van der Waals surface area contributed by atoms with Gasteiger partial charge in [-0.2, -0.15) is 5.10 Å². The van der Waals surface area contributed by atoms with Crippen LogP contribution in [0.1, 0.15) is 33.1 Å². The molecule has 1 N–H and O–H groups in total. The Bertz CT molecular complexity index is 1320. The summed E-state index contributed by atoms with van der Waals surface area (Å²) in [6.07, 6.45) is 1.69. The van der Waals surface area contributed by atoms with Gasteiger partial charge in [0.05, 0.1) is 10.7 Å². The summed E-state index contributed by atoms with van der Waals surface area (Å²) in [7, 11) is 0. The molecule has 0 atom stereocenters. The van der Waals surface area contributed by atoms with E-state index in [1.165, 1.54) is 0 Å². The van der Waals surface area contributed by atoms with Gasteiger partial charge < -0.3 is 5.32 Å². The van der Waals surface area contributed by atoms with Gasteiger partial charge in [0.25, 0.3) is 5.91 Å². The Labute approximate surface area is 184 Å². The number of hydrogen-bond acceptors (Lipinski definition) is 4. The van der Waals surface area contributed by atoms with Crippen LogP contribution >= 0.6 is 11.6 Å². The van der Waals surface area contributed by atoms with Gasteiger partial charge >= 0.3 is 0 Å². The van der Waals surface area contributed by atoms with Crippen molar-refractivity contribution in [1.82, 2.24) is 19.7 Å². The highest BCUT2D eigenvalue weighted by atomic mass is 35.5. The van der Waals surface area contributed by atoms with Crippen molar-refractivity contribution in [3.05, 3.63) is 100 Å². The number of halogens is 1. The summed E-state index contributed by atoms with van der Waals surface area (Å²) in [5.41, 5.74) is 3.92. The van der Waals surface area contributed by atoms with Crippen molar-refractivity contribution in [2.75, 3.05) is 5.32 Å². The van der Waals surface area contributed by atoms with Crippen LogP contribution in [0.3, 0.4) is 0 Å². The van der Waals surface area contributed by atoms with E-state index in [4.69, 9.17) is 11.6 Å². The number of benzene rings is 1. The highest BCUT2D eigenvalue weighted by Crippen LogP contribution is 2.19. The first-order chi connectivity index (χ1) is 15.0. The summed E-state index contributed by atoms with van der Waals surface area (Å²) >= 11 is 6.26. The molecule has 7 heteroatoms. The topological polar surface area (TPSA) is 72.7 Å². The van der Waals surface area contributed by atoms with Crippen LogP contribution in [0.15, 0.2) is 66.9 Å². The number of carbonyl (C=O) groups is 1. The van der Waals surface area contributed by atoms with Gasteiger partial charge in [0.2, 0.25) is 0 Å². The minimum atomic E-state index is -0.414. The second kappa shape index (κ2) is 8.82. The van der Waals surface area contributed by atoms with Crippen molar-refractivity contribution < 1.29 is 4.79 Å². The van der Waals surface area contributed by atoms with Crippen LogP contribution in [-0.2, 0) is 0 Å². The Kier molecular flexibility index (Phi) is 5.78. The van der Waals surface area contributed by atoms with E-state index in [-0.39, 0.29) is 10.7 Å². The lowest BCUT2D eigenvalue weighted by molar-refractivity contribution is 0.102. The zero-order chi connectivity index (χ0) is 21.8. The smallest absolute Gasteiger partial charge is 0.275 e. The zero-order valence-electron chi connectivity index (χ0n) is 16.9. The van der Waals surface area contributed by atoms with Crippen molar-refractivity contribution >= 4 is 23.2 Å². The number of carbonyl (C=O) groups excluding carboxylic acids is 1. The predicted octanol–water partition coefficient (Wildman–Crippen LogP) is 4.58. The third kappa shape index (κ3) is 4.80. The molecule has 0 aliphatic heterocycles. The fourth-order valence-corrected chi connectivity index (χ4v) is 3.20. The van der Waals surface area contributed by atoms with Gasteiger partial charge in [0, 0.05) is 23.1 Å². The number of nitrogens with zero attached hydrogens (tertiary/aromatic N) is 4. The van der Waals surface area contributed by atoms with Crippen molar-refractivity contribution in [2.24, 2.45) is 0 Å². The maximum atomic E-state index is 12.9. The summed E-state index contributed by atoms with van der Waals surface area (Å²) in [5, 5.41) is 7.51. The molecule has 4 aromatic rings. The average molecular weight is 428 g/mol. The molecule has 0 aliphatic rings.